The fourth-order valence-electron chi connectivity index (χ4n) is 1.28. The summed E-state index contributed by atoms with van der Waals surface area (Å²) in [6, 6.07) is 4.99. The van der Waals surface area contributed by atoms with Gasteiger partial charge in [0.2, 0.25) is 0 Å². The van der Waals surface area contributed by atoms with Crippen molar-refractivity contribution in [2.24, 2.45) is 11.7 Å². The molecule has 3 nitrogen and oxygen atoms in total. The van der Waals surface area contributed by atoms with Gasteiger partial charge in [-0.15, -0.1) is 0 Å². The highest BCUT2D eigenvalue weighted by Gasteiger charge is 2.16. The zero-order valence-corrected chi connectivity index (χ0v) is 9.42. The van der Waals surface area contributed by atoms with Crippen LogP contribution in [0.5, 0.6) is 0 Å². The van der Waals surface area contributed by atoms with Crippen molar-refractivity contribution >= 4 is 29.2 Å². The predicted octanol–water partition coefficient (Wildman–Crippen LogP) is 2.20. The van der Waals surface area contributed by atoms with E-state index in [1.807, 2.05) is 0 Å². The summed E-state index contributed by atoms with van der Waals surface area (Å²) in [6.45, 7) is 0.0967. The Morgan fingerprint density at radius 2 is 1.87 bits per heavy atom. The molecule has 0 bridgehead atoms. The molecule has 0 saturated heterocycles. The fourth-order valence-corrected chi connectivity index (χ4v) is 1.86. The molecule has 1 rings (SSSR count). The maximum Gasteiger partial charge on any atom is 0.308 e. The number of carboxylic acid groups (broad SMARTS) is 1. The second kappa shape index (κ2) is 5.35. The van der Waals surface area contributed by atoms with Gasteiger partial charge in [-0.1, -0.05) is 23.2 Å². The third kappa shape index (κ3) is 3.70. The molecule has 15 heavy (non-hydrogen) atoms. The summed E-state index contributed by atoms with van der Waals surface area (Å²) >= 11 is 11.6. The molecule has 1 aromatic rings. The van der Waals surface area contributed by atoms with Crippen molar-refractivity contribution in [3.63, 3.8) is 0 Å². The van der Waals surface area contributed by atoms with E-state index in [1.54, 1.807) is 18.2 Å². The summed E-state index contributed by atoms with van der Waals surface area (Å²) in [5.74, 6) is -1.51. The van der Waals surface area contributed by atoms with Gasteiger partial charge in [0.15, 0.2) is 0 Å². The molecule has 0 saturated carbocycles. The van der Waals surface area contributed by atoms with Gasteiger partial charge in [-0.3, -0.25) is 4.79 Å². The van der Waals surface area contributed by atoms with Crippen LogP contribution in [0.25, 0.3) is 0 Å². The monoisotopic (exact) mass is 247 g/mol. The molecule has 0 aliphatic carbocycles. The molecule has 0 fully saturated rings. The first-order valence-electron chi connectivity index (χ1n) is 4.40. The maximum atomic E-state index is 10.8. The van der Waals surface area contributed by atoms with E-state index in [0.29, 0.717) is 16.5 Å². The van der Waals surface area contributed by atoms with Crippen LogP contribution >= 0.6 is 23.2 Å². The van der Waals surface area contributed by atoms with Crippen molar-refractivity contribution in [2.45, 2.75) is 6.42 Å². The molecule has 0 radical (unpaired) electrons. The van der Waals surface area contributed by atoms with Crippen LogP contribution in [0, 0.1) is 5.92 Å². The van der Waals surface area contributed by atoms with Crippen molar-refractivity contribution in [2.75, 3.05) is 6.54 Å². The summed E-state index contributed by atoms with van der Waals surface area (Å²) in [6.07, 6.45) is 0.339. The molecule has 82 valence electrons. The molecule has 0 aliphatic rings. The molecule has 5 heteroatoms. The highest BCUT2D eigenvalue weighted by atomic mass is 35.5. The van der Waals surface area contributed by atoms with E-state index >= 15 is 0 Å². The second-order valence-corrected chi connectivity index (χ2v) is 4.13. The minimum absolute atomic E-state index is 0.0967. The summed E-state index contributed by atoms with van der Waals surface area (Å²) in [5, 5.41) is 9.82. The van der Waals surface area contributed by atoms with Crippen molar-refractivity contribution in [3.8, 4) is 0 Å². The normalized spacial score (nSPS) is 12.5. The van der Waals surface area contributed by atoms with E-state index in [9.17, 15) is 4.79 Å². The van der Waals surface area contributed by atoms with Crippen molar-refractivity contribution < 1.29 is 9.90 Å². The summed E-state index contributed by atoms with van der Waals surface area (Å²) in [5.41, 5.74) is 6.13. The number of carbonyl (C=O) groups is 1. The van der Waals surface area contributed by atoms with E-state index in [4.69, 9.17) is 34.0 Å². The average molecular weight is 248 g/mol. The van der Waals surface area contributed by atoms with Crippen LogP contribution in [-0.2, 0) is 11.2 Å². The van der Waals surface area contributed by atoms with Crippen LogP contribution in [0.1, 0.15) is 5.56 Å². The van der Waals surface area contributed by atoms with Gasteiger partial charge in [-0.05, 0) is 30.2 Å². The van der Waals surface area contributed by atoms with Crippen LogP contribution in [0.2, 0.25) is 10.0 Å². The van der Waals surface area contributed by atoms with Gasteiger partial charge in [0.25, 0.3) is 0 Å². The van der Waals surface area contributed by atoms with Gasteiger partial charge < -0.3 is 10.8 Å². The Morgan fingerprint density at radius 3 is 2.27 bits per heavy atom. The Balaban J connectivity index is 2.83. The van der Waals surface area contributed by atoms with Gasteiger partial charge in [-0.2, -0.15) is 0 Å². The van der Waals surface area contributed by atoms with Crippen LogP contribution in [0.3, 0.4) is 0 Å². The van der Waals surface area contributed by atoms with Gasteiger partial charge in [0, 0.05) is 16.6 Å². The molecule has 1 atom stereocenters. The lowest BCUT2D eigenvalue weighted by atomic mass is 10.00. The predicted molar refractivity (Wildman–Crippen MR) is 60.3 cm³/mol. The lowest BCUT2D eigenvalue weighted by Crippen LogP contribution is -2.25. The first-order chi connectivity index (χ1) is 7.02. The SMILES string of the molecule is NC[C@H](Cc1cc(Cl)cc(Cl)c1)C(=O)O. The van der Waals surface area contributed by atoms with Gasteiger partial charge in [-0.25, -0.2) is 0 Å². The fraction of sp³-hybridized carbons (Fsp3) is 0.300. The summed E-state index contributed by atoms with van der Waals surface area (Å²) in [4.78, 5) is 10.8. The molecule has 0 unspecified atom stereocenters. The Kier molecular flexibility index (Phi) is 4.39. The molecule has 0 heterocycles. The number of rotatable bonds is 4. The largest absolute Gasteiger partial charge is 0.481 e. The standard InChI is InChI=1S/C10H11Cl2NO2/c11-8-2-6(3-9(12)4-8)1-7(5-13)10(14)15/h2-4,7H,1,5,13H2,(H,14,15)/t7-/m0/s1. The molecule has 0 spiro atoms. The van der Waals surface area contributed by atoms with Gasteiger partial charge in [0.05, 0.1) is 5.92 Å². The first-order valence-corrected chi connectivity index (χ1v) is 5.16. The number of benzene rings is 1. The van der Waals surface area contributed by atoms with Crippen LogP contribution in [-0.4, -0.2) is 17.6 Å². The molecule has 0 aliphatic heterocycles. The minimum Gasteiger partial charge on any atom is -0.481 e. The highest BCUT2D eigenvalue weighted by Crippen LogP contribution is 2.21. The Hall–Kier alpha value is -0.770. The summed E-state index contributed by atoms with van der Waals surface area (Å²) in [7, 11) is 0. The highest BCUT2D eigenvalue weighted by molar-refractivity contribution is 6.34. The maximum absolute atomic E-state index is 10.8. The number of hydrogen-bond acceptors (Lipinski definition) is 2. The average Bonchev–Trinajstić information content (AvgIpc) is 2.12. The molecule has 1 aromatic carbocycles. The van der Waals surface area contributed by atoms with E-state index in [2.05, 4.69) is 0 Å². The molecule has 0 aromatic heterocycles. The third-order valence-corrected chi connectivity index (χ3v) is 2.47. The lowest BCUT2D eigenvalue weighted by molar-refractivity contribution is -0.141. The van der Waals surface area contributed by atoms with Gasteiger partial charge >= 0.3 is 5.97 Å². The van der Waals surface area contributed by atoms with Crippen molar-refractivity contribution in [1.82, 2.24) is 0 Å². The smallest absolute Gasteiger partial charge is 0.308 e. The van der Waals surface area contributed by atoms with Crippen molar-refractivity contribution in [1.29, 1.82) is 0 Å². The molecule has 3 N–H and O–H groups in total. The number of hydrogen-bond donors (Lipinski definition) is 2. The molecular formula is C10H11Cl2NO2. The van der Waals surface area contributed by atoms with Crippen LogP contribution in [0.4, 0.5) is 0 Å². The van der Waals surface area contributed by atoms with Crippen LogP contribution in [0.15, 0.2) is 18.2 Å². The van der Waals surface area contributed by atoms with Gasteiger partial charge in [0.1, 0.15) is 0 Å². The first kappa shape index (κ1) is 12.3. The number of nitrogens with two attached hydrogens (primary N) is 1. The second-order valence-electron chi connectivity index (χ2n) is 3.25. The molecule has 0 amide bonds. The lowest BCUT2D eigenvalue weighted by Gasteiger charge is -2.09. The Bertz CT molecular complexity index is 348. The van der Waals surface area contributed by atoms with E-state index in [1.165, 1.54) is 0 Å². The van der Waals surface area contributed by atoms with E-state index in [-0.39, 0.29) is 6.54 Å². The zero-order valence-electron chi connectivity index (χ0n) is 7.91. The minimum atomic E-state index is -0.909. The van der Waals surface area contributed by atoms with Crippen LogP contribution < -0.4 is 5.73 Å². The summed E-state index contributed by atoms with van der Waals surface area (Å²) < 4.78 is 0. The number of aliphatic carboxylic acids is 1. The van der Waals surface area contributed by atoms with Crippen molar-refractivity contribution in [3.05, 3.63) is 33.8 Å². The van der Waals surface area contributed by atoms with E-state index < -0.39 is 11.9 Å². The van der Waals surface area contributed by atoms with E-state index in [0.717, 1.165) is 5.56 Å². The molecular weight excluding hydrogens is 237 g/mol. The third-order valence-electron chi connectivity index (χ3n) is 2.04. The Labute approximate surface area is 97.8 Å². The zero-order chi connectivity index (χ0) is 11.4. The Morgan fingerprint density at radius 1 is 1.33 bits per heavy atom. The quantitative estimate of drug-likeness (QED) is 0.858. The number of halogens is 2. The number of carboxylic acids is 1. The topological polar surface area (TPSA) is 63.3 Å².